The number of benzene rings is 3. The van der Waals surface area contributed by atoms with Gasteiger partial charge in [-0.3, -0.25) is 9.59 Å². The molecule has 39 heavy (non-hydrogen) atoms. The van der Waals surface area contributed by atoms with Gasteiger partial charge >= 0.3 is 0 Å². The molecule has 1 unspecified atom stereocenters. The normalized spacial score (nSPS) is 17.2. The molecular formula is C34H32N2O3. The average molecular weight is 517 g/mol. The number of H-pyrrole nitrogens is 1. The number of nitrogens with zero attached hydrogens (tertiary/aromatic N) is 1. The van der Waals surface area contributed by atoms with Gasteiger partial charge in [-0.25, -0.2) is 0 Å². The minimum atomic E-state index is -0.666. The molecule has 5 heteroatoms. The summed E-state index contributed by atoms with van der Waals surface area (Å²) in [6.07, 6.45) is 2.14. The highest BCUT2D eigenvalue weighted by atomic mass is 16.5. The Morgan fingerprint density at radius 1 is 1.00 bits per heavy atom. The van der Waals surface area contributed by atoms with E-state index in [1.807, 2.05) is 91.5 Å². The van der Waals surface area contributed by atoms with Crippen LogP contribution in [0.3, 0.4) is 0 Å². The number of ketones is 1. The molecule has 5 nitrogen and oxygen atoms in total. The summed E-state index contributed by atoms with van der Waals surface area (Å²) in [5, 5.41) is 0. The Bertz CT molecular complexity index is 1640. The maximum Gasteiger partial charge on any atom is 0.239 e. The molecule has 0 spiro atoms. The number of amides is 1. The lowest BCUT2D eigenvalue weighted by Crippen LogP contribution is -2.47. The van der Waals surface area contributed by atoms with Gasteiger partial charge in [0.25, 0.3) is 0 Å². The number of hydrogen-bond donors (Lipinski definition) is 1. The fourth-order valence-electron chi connectivity index (χ4n) is 6.34. The third-order valence-corrected chi connectivity index (χ3v) is 7.84. The van der Waals surface area contributed by atoms with E-state index in [2.05, 4.69) is 31.8 Å². The van der Waals surface area contributed by atoms with E-state index in [-0.39, 0.29) is 11.7 Å². The summed E-state index contributed by atoms with van der Waals surface area (Å²) in [6, 6.07) is 23.2. The van der Waals surface area contributed by atoms with Gasteiger partial charge < -0.3 is 14.6 Å². The molecule has 2 aliphatic heterocycles. The lowest BCUT2D eigenvalue weighted by molar-refractivity contribution is -0.119. The van der Waals surface area contributed by atoms with E-state index in [4.69, 9.17) is 4.74 Å². The van der Waals surface area contributed by atoms with E-state index >= 15 is 0 Å². The molecule has 1 aromatic heterocycles. The number of nitrogens with one attached hydrogen (secondary N) is 1. The SMILES string of the molecule is CCOc1cc2c3c(c1)C(c1c(-c4ccccc4)[nH]c(C)c1C(=O)c1ccccc1)C(=O)N3C(C)(C)C=C2C. The summed E-state index contributed by atoms with van der Waals surface area (Å²) in [6.45, 7) is 10.6. The summed E-state index contributed by atoms with van der Waals surface area (Å²) in [4.78, 5) is 34.1. The quantitative estimate of drug-likeness (QED) is 0.274. The molecule has 3 aromatic carbocycles. The number of aryl methyl sites for hydroxylation is 1. The summed E-state index contributed by atoms with van der Waals surface area (Å²) in [7, 11) is 0. The standard InChI is InChI=1S/C34H32N2O3/c1-6-39-24-17-25-20(2)19-34(4,5)36-31(25)26(18-24)28(33(36)38)29-27(32(37)23-15-11-8-12-16-23)21(3)35-30(29)22-13-9-7-10-14-22/h7-19,28,35H,6H2,1-5H3. The van der Waals surface area contributed by atoms with Gasteiger partial charge in [-0.2, -0.15) is 0 Å². The van der Waals surface area contributed by atoms with Crippen molar-refractivity contribution < 1.29 is 14.3 Å². The molecule has 4 aromatic rings. The zero-order valence-electron chi connectivity index (χ0n) is 23.0. The number of aromatic amines is 1. The van der Waals surface area contributed by atoms with Crippen LogP contribution in [0, 0.1) is 6.92 Å². The van der Waals surface area contributed by atoms with E-state index in [1.165, 1.54) is 0 Å². The van der Waals surface area contributed by atoms with Crippen LogP contribution in [0.1, 0.15) is 71.9 Å². The lowest BCUT2D eigenvalue weighted by atomic mass is 9.84. The summed E-state index contributed by atoms with van der Waals surface area (Å²) >= 11 is 0. The first-order valence-corrected chi connectivity index (χ1v) is 13.4. The number of carbonyl (C=O) groups is 2. The van der Waals surface area contributed by atoms with Crippen LogP contribution in [0.2, 0.25) is 0 Å². The van der Waals surface area contributed by atoms with Crippen LogP contribution < -0.4 is 9.64 Å². The maximum atomic E-state index is 14.6. The van der Waals surface area contributed by atoms with Gasteiger partial charge in [0.1, 0.15) is 5.75 Å². The second-order valence-corrected chi connectivity index (χ2v) is 10.9. The van der Waals surface area contributed by atoms with Crippen molar-refractivity contribution in [3.05, 3.63) is 112 Å². The van der Waals surface area contributed by atoms with E-state index in [0.717, 1.165) is 50.7 Å². The molecule has 0 bridgehead atoms. The Morgan fingerprint density at radius 2 is 1.67 bits per heavy atom. The maximum absolute atomic E-state index is 14.6. The third kappa shape index (κ3) is 3.84. The molecular weight excluding hydrogens is 484 g/mol. The van der Waals surface area contributed by atoms with Crippen LogP contribution in [0.5, 0.6) is 5.75 Å². The minimum Gasteiger partial charge on any atom is -0.494 e. The molecule has 0 aliphatic carbocycles. The summed E-state index contributed by atoms with van der Waals surface area (Å²) in [5.41, 5.74) is 7.70. The Hall–Kier alpha value is -4.38. The number of hydrogen-bond acceptors (Lipinski definition) is 3. The van der Waals surface area contributed by atoms with E-state index in [1.54, 1.807) is 0 Å². The smallest absolute Gasteiger partial charge is 0.239 e. The molecule has 0 saturated heterocycles. The molecule has 3 heterocycles. The van der Waals surface area contributed by atoms with Gasteiger partial charge in [-0.05, 0) is 63.5 Å². The van der Waals surface area contributed by atoms with Crippen LogP contribution in [-0.2, 0) is 4.79 Å². The third-order valence-electron chi connectivity index (χ3n) is 7.84. The monoisotopic (exact) mass is 516 g/mol. The van der Waals surface area contributed by atoms with Gasteiger partial charge in [-0.1, -0.05) is 66.7 Å². The number of rotatable bonds is 6. The van der Waals surface area contributed by atoms with Crippen molar-refractivity contribution in [2.75, 3.05) is 11.5 Å². The number of aromatic nitrogens is 1. The molecule has 6 rings (SSSR count). The molecule has 0 saturated carbocycles. The van der Waals surface area contributed by atoms with E-state index < -0.39 is 11.5 Å². The Labute approximate surface area is 229 Å². The predicted molar refractivity (Wildman–Crippen MR) is 156 cm³/mol. The first-order valence-electron chi connectivity index (χ1n) is 13.4. The number of carbonyl (C=O) groups excluding carboxylic acids is 2. The molecule has 0 radical (unpaired) electrons. The molecule has 1 atom stereocenters. The van der Waals surface area contributed by atoms with Crippen LogP contribution in [0.4, 0.5) is 5.69 Å². The number of anilines is 1. The van der Waals surface area contributed by atoms with Crippen LogP contribution in [-0.4, -0.2) is 28.8 Å². The van der Waals surface area contributed by atoms with Crippen LogP contribution in [0.25, 0.3) is 16.8 Å². The Kier molecular flexibility index (Phi) is 5.83. The van der Waals surface area contributed by atoms with Crippen molar-refractivity contribution in [3.63, 3.8) is 0 Å². The predicted octanol–water partition coefficient (Wildman–Crippen LogP) is 7.29. The first kappa shape index (κ1) is 24.9. The largest absolute Gasteiger partial charge is 0.494 e. The Balaban J connectivity index is 1.67. The molecule has 2 aliphatic rings. The average Bonchev–Trinajstić information content (AvgIpc) is 3.41. The fourth-order valence-corrected chi connectivity index (χ4v) is 6.34. The minimum absolute atomic E-state index is 0.0352. The van der Waals surface area contributed by atoms with Crippen molar-refractivity contribution in [1.82, 2.24) is 4.98 Å². The van der Waals surface area contributed by atoms with Gasteiger partial charge in [0.2, 0.25) is 5.91 Å². The van der Waals surface area contributed by atoms with Crippen molar-refractivity contribution in [1.29, 1.82) is 0 Å². The topological polar surface area (TPSA) is 62.4 Å². The number of allylic oxidation sites excluding steroid dienone is 1. The highest BCUT2D eigenvalue weighted by Gasteiger charge is 2.50. The molecule has 0 fully saturated rings. The van der Waals surface area contributed by atoms with Crippen LogP contribution in [0.15, 0.2) is 78.9 Å². The highest BCUT2D eigenvalue weighted by Crippen LogP contribution is 2.54. The zero-order valence-corrected chi connectivity index (χ0v) is 23.0. The van der Waals surface area contributed by atoms with Crippen LogP contribution >= 0.6 is 0 Å². The second kappa shape index (κ2) is 9.12. The number of ether oxygens (including phenoxy) is 1. The van der Waals surface area contributed by atoms with Gasteiger partial charge in [0.05, 0.1) is 29.4 Å². The zero-order chi connectivity index (χ0) is 27.5. The van der Waals surface area contributed by atoms with Gasteiger partial charge in [-0.15, -0.1) is 0 Å². The van der Waals surface area contributed by atoms with Crippen molar-refractivity contribution in [2.24, 2.45) is 0 Å². The van der Waals surface area contributed by atoms with Crippen molar-refractivity contribution in [2.45, 2.75) is 46.1 Å². The van der Waals surface area contributed by atoms with Gasteiger partial charge in [0.15, 0.2) is 5.78 Å². The summed E-state index contributed by atoms with van der Waals surface area (Å²) in [5.74, 6) is -0.0748. The van der Waals surface area contributed by atoms with Crippen molar-refractivity contribution >= 4 is 23.0 Å². The van der Waals surface area contributed by atoms with E-state index in [9.17, 15) is 9.59 Å². The van der Waals surface area contributed by atoms with Gasteiger partial charge in [0, 0.05) is 27.9 Å². The second-order valence-electron chi connectivity index (χ2n) is 10.9. The highest BCUT2D eigenvalue weighted by molar-refractivity contribution is 6.17. The van der Waals surface area contributed by atoms with E-state index in [0.29, 0.717) is 17.7 Å². The molecule has 196 valence electrons. The Morgan fingerprint density at radius 3 is 2.33 bits per heavy atom. The lowest BCUT2D eigenvalue weighted by Gasteiger charge is -2.39. The summed E-state index contributed by atoms with van der Waals surface area (Å²) < 4.78 is 5.99. The van der Waals surface area contributed by atoms with Crippen molar-refractivity contribution in [3.8, 4) is 17.0 Å². The first-order chi connectivity index (χ1) is 18.7. The molecule has 1 N–H and O–H groups in total. The molecule has 1 amide bonds. The fraction of sp³-hybridized carbons (Fsp3) is 0.235.